The minimum absolute atomic E-state index is 0.257. The van der Waals surface area contributed by atoms with Gasteiger partial charge in [0.05, 0.1) is 17.7 Å². The third-order valence-corrected chi connectivity index (χ3v) is 7.78. The van der Waals surface area contributed by atoms with Crippen LogP contribution in [0.4, 0.5) is 5.00 Å². The molecule has 1 aromatic rings. The summed E-state index contributed by atoms with van der Waals surface area (Å²) < 4.78 is 29.5. The van der Waals surface area contributed by atoms with Gasteiger partial charge in [-0.2, -0.15) is 0 Å². The Morgan fingerprint density at radius 1 is 1.21 bits per heavy atom. The van der Waals surface area contributed by atoms with Gasteiger partial charge in [0.1, 0.15) is 5.00 Å². The molecule has 1 aliphatic carbocycles. The Morgan fingerprint density at radius 3 is 2.48 bits per heavy atom. The summed E-state index contributed by atoms with van der Waals surface area (Å²) in [5, 5.41) is 3.06. The number of carbonyl (C=O) groups is 3. The molecule has 0 bridgehead atoms. The van der Waals surface area contributed by atoms with Gasteiger partial charge in [-0.25, -0.2) is 12.7 Å². The first-order valence-electron chi connectivity index (χ1n) is 9.52. The lowest BCUT2D eigenvalue weighted by atomic mass is 9.95. The van der Waals surface area contributed by atoms with E-state index in [0.29, 0.717) is 23.4 Å². The van der Waals surface area contributed by atoms with Gasteiger partial charge >= 0.3 is 5.97 Å². The van der Waals surface area contributed by atoms with Crippen LogP contribution in [-0.2, 0) is 37.2 Å². The second kappa shape index (κ2) is 8.80. The van der Waals surface area contributed by atoms with Gasteiger partial charge in [0.25, 0.3) is 11.8 Å². The lowest BCUT2D eigenvalue weighted by Crippen LogP contribution is -2.40. The molecule has 29 heavy (non-hydrogen) atoms. The molecule has 3 N–H and O–H groups in total. The highest BCUT2D eigenvalue weighted by Gasteiger charge is 2.30. The first-order valence-corrected chi connectivity index (χ1v) is 12.2. The first kappa shape index (κ1) is 21.7. The molecule has 160 valence electrons. The third-order valence-electron chi connectivity index (χ3n) is 5.27. The third kappa shape index (κ3) is 5.14. The maximum atomic E-state index is 12.2. The van der Waals surface area contributed by atoms with Gasteiger partial charge in [0.2, 0.25) is 10.0 Å². The van der Waals surface area contributed by atoms with Crippen LogP contribution in [0.3, 0.4) is 0 Å². The van der Waals surface area contributed by atoms with Crippen molar-refractivity contribution in [3.63, 3.8) is 0 Å². The van der Waals surface area contributed by atoms with E-state index in [9.17, 15) is 22.8 Å². The molecule has 0 atom stereocenters. The summed E-state index contributed by atoms with van der Waals surface area (Å²) in [6.07, 6.45) is 5.49. The Hall–Kier alpha value is -1.98. The molecule has 2 amide bonds. The van der Waals surface area contributed by atoms with E-state index in [-0.39, 0.29) is 13.1 Å². The number of nitrogens with two attached hydrogens (primary N) is 1. The fourth-order valence-corrected chi connectivity index (χ4v) is 5.94. The fraction of sp³-hybridized carbons (Fsp3) is 0.611. The van der Waals surface area contributed by atoms with Crippen LogP contribution < -0.4 is 11.1 Å². The average molecular weight is 444 g/mol. The van der Waals surface area contributed by atoms with Crippen molar-refractivity contribution in [2.24, 2.45) is 11.7 Å². The van der Waals surface area contributed by atoms with Gasteiger partial charge in [0.15, 0.2) is 6.61 Å². The molecule has 2 aliphatic rings. The number of thiophene rings is 1. The summed E-state index contributed by atoms with van der Waals surface area (Å²) in [7, 11) is -3.27. The number of aryl methyl sites for hydroxylation is 1. The van der Waals surface area contributed by atoms with Crippen molar-refractivity contribution in [3.05, 3.63) is 16.0 Å². The standard InChI is InChI=1S/C18H25N3O6S2/c1-29(25,26)21-8-6-11(7-9-21)18(24)27-10-14(22)20-17-15(16(19)23)12-4-2-3-5-13(12)28-17/h11H,2-10H2,1H3,(H2,19,23)(H,20,22). The molecule has 9 nitrogen and oxygen atoms in total. The molecular weight excluding hydrogens is 418 g/mol. The molecule has 11 heteroatoms. The zero-order chi connectivity index (χ0) is 21.2. The maximum Gasteiger partial charge on any atom is 0.309 e. The van der Waals surface area contributed by atoms with Gasteiger partial charge in [-0.3, -0.25) is 14.4 Å². The van der Waals surface area contributed by atoms with Crippen molar-refractivity contribution in [2.75, 3.05) is 31.3 Å². The number of hydrogen-bond donors (Lipinski definition) is 2. The molecule has 3 rings (SSSR count). The highest BCUT2D eigenvalue weighted by molar-refractivity contribution is 7.88. The number of esters is 1. The molecule has 1 saturated heterocycles. The molecule has 2 heterocycles. The molecule has 0 saturated carbocycles. The van der Waals surface area contributed by atoms with Crippen molar-refractivity contribution < 1.29 is 27.5 Å². The number of carbonyl (C=O) groups excluding carboxylic acids is 3. The number of nitrogens with zero attached hydrogens (tertiary/aromatic N) is 1. The fourth-order valence-electron chi connectivity index (χ4n) is 3.75. The normalized spacial score (nSPS) is 18.1. The minimum Gasteiger partial charge on any atom is -0.455 e. The Morgan fingerprint density at radius 2 is 1.86 bits per heavy atom. The van der Waals surface area contributed by atoms with Gasteiger partial charge in [-0.15, -0.1) is 11.3 Å². The number of ether oxygens (including phenoxy) is 1. The largest absolute Gasteiger partial charge is 0.455 e. The number of piperidine rings is 1. The van der Waals surface area contributed by atoms with Crippen molar-refractivity contribution in [2.45, 2.75) is 38.5 Å². The molecular formula is C18H25N3O6S2. The number of amides is 2. The number of primary amides is 1. The molecule has 1 aromatic heterocycles. The van der Waals surface area contributed by atoms with E-state index in [2.05, 4.69) is 5.32 Å². The molecule has 0 radical (unpaired) electrons. The van der Waals surface area contributed by atoms with Crippen molar-refractivity contribution in [1.29, 1.82) is 0 Å². The Balaban J connectivity index is 1.54. The number of hydrogen-bond acceptors (Lipinski definition) is 7. The lowest BCUT2D eigenvalue weighted by molar-refractivity contribution is -0.152. The van der Waals surface area contributed by atoms with Crippen LogP contribution in [0, 0.1) is 5.92 Å². The summed E-state index contributed by atoms with van der Waals surface area (Å²) in [6, 6.07) is 0. The highest BCUT2D eigenvalue weighted by atomic mass is 32.2. The SMILES string of the molecule is CS(=O)(=O)N1CCC(C(=O)OCC(=O)Nc2sc3c(c2C(N)=O)CCCC3)CC1. The summed E-state index contributed by atoms with van der Waals surface area (Å²) in [4.78, 5) is 37.4. The zero-order valence-electron chi connectivity index (χ0n) is 16.2. The monoisotopic (exact) mass is 443 g/mol. The molecule has 1 aliphatic heterocycles. The second-order valence-corrected chi connectivity index (χ2v) is 10.5. The first-order chi connectivity index (χ1) is 13.7. The van der Waals surface area contributed by atoms with E-state index in [4.69, 9.17) is 10.5 Å². The van der Waals surface area contributed by atoms with Crippen LogP contribution in [0.5, 0.6) is 0 Å². The Labute approximate surface area is 173 Å². The van der Waals surface area contributed by atoms with E-state index in [1.54, 1.807) is 0 Å². The summed E-state index contributed by atoms with van der Waals surface area (Å²) >= 11 is 1.35. The van der Waals surface area contributed by atoms with Crippen LogP contribution in [-0.4, -0.2) is 56.5 Å². The highest BCUT2D eigenvalue weighted by Crippen LogP contribution is 2.37. The maximum absolute atomic E-state index is 12.2. The number of fused-ring (bicyclic) bond motifs is 1. The summed E-state index contributed by atoms with van der Waals surface area (Å²) in [5.74, 6) is -2.06. The van der Waals surface area contributed by atoms with Crippen LogP contribution in [0.1, 0.15) is 46.5 Å². The van der Waals surface area contributed by atoms with E-state index in [1.807, 2.05) is 0 Å². The lowest BCUT2D eigenvalue weighted by Gasteiger charge is -2.28. The molecule has 0 unspecified atom stereocenters. The van der Waals surface area contributed by atoms with Crippen molar-refractivity contribution >= 4 is 44.1 Å². The quantitative estimate of drug-likeness (QED) is 0.627. The Bertz CT molecular complexity index is 916. The zero-order valence-corrected chi connectivity index (χ0v) is 17.9. The molecule has 0 spiro atoms. The number of sulfonamides is 1. The van der Waals surface area contributed by atoms with Crippen LogP contribution in [0.15, 0.2) is 0 Å². The average Bonchev–Trinajstić information content (AvgIpc) is 3.03. The van der Waals surface area contributed by atoms with Crippen LogP contribution in [0.25, 0.3) is 0 Å². The smallest absolute Gasteiger partial charge is 0.309 e. The number of anilines is 1. The van der Waals surface area contributed by atoms with Gasteiger partial charge in [0, 0.05) is 18.0 Å². The molecule has 1 fully saturated rings. The van der Waals surface area contributed by atoms with E-state index >= 15 is 0 Å². The van der Waals surface area contributed by atoms with Crippen molar-refractivity contribution in [3.8, 4) is 0 Å². The van der Waals surface area contributed by atoms with Crippen LogP contribution >= 0.6 is 11.3 Å². The Kier molecular flexibility index (Phi) is 6.59. The topological polar surface area (TPSA) is 136 Å². The van der Waals surface area contributed by atoms with Gasteiger partial charge in [-0.05, 0) is 44.1 Å². The van der Waals surface area contributed by atoms with Gasteiger partial charge in [-0.1, -0.05) is 0 Å². The van der Waals surface area contributed by atoms with Crippen LogP contribution in [0.2, 0.25) is 0 Å². The second-order valence-electron chi connectivity index (χ2n) is 7.37. The van der Waals surface area contributed by atoms with E-state index in [1.165, 1.54) is 15.6 Å². The number of rotatable bonds is 6. The predicted molar refractivity (Wildman–Crippen MR) is 108 cm³/mol. The van der Waals surface area contributed by atoms with Crippen molar-refractivity contribution in [1.82, 2.24) is 4.31 Å². The predicted octanol–water partition coefficient (Wildman–Crippen LogP) is 0.879. The van der Waals surface area contributed by atoms with Gasteiger partial charge < -0.3 is 15.8 Å². The molecule has 0 aromatic carbocycles. The summed E-state index contributed by atoms with van der Waals surface area (Å²) in [5.41, 5.74) is 6.78. The van der Waals surface area contributed by atoms with E-state index in [0.717, 1.165) is 42.4 Å². The minimum atomic E-state index is -3.27. The summed E-state index contributed by atoms with van der Waals surface area (Å²) in [6.45, 7) is 0.0485. The number of nitrogens with one attached hydrogen (secondary N) is 1. The van der Waals surface area contributed by atoms with E-state index < -0.39 is 40.3 Å².